The van der Waals surface area contributed by atoms with Crippen molar-refractivity contribution in [2.45, 2.75) is 25.5 Å². The second-order valence-corrected chi connectivity index (χ2v) is 7.31. The van der Waals surface area contributed by atoms with Crippen LogP contribution in [-0.2, 0) is 19.5 Å². The van der Waals surface area contributed by atoms with Crippen LogP contribution in [0.25, 0.3) is 0 Å². The molecule has 0 saturated carbocycles. The number of sulfonamides is 1. The van der Waals surface area contributed by atoms with Gasteiger partial charge in [0, 0.05) is 25.0 Å². The van der Waals surface area contributed by atoms with Gasteiger partial charge in [0.25, 0.3) is 5.91 Å². The van der Waals surface area contributed by atoms with Gasteiger partial charge in [0.2, 0.25) is 10.0 Å². The third-order valence-corrected chi connectivity index (χ3v) is 5.02. The van der Waals surface area contributed by atoms with Gasteiger partial charge in [-0.15, -0.1) is 0 Å². The van der Waals surface area contributed by atoms with Crippen molar-refractivity contribution in [3.8, 4) is 0 Å². The van der Waals surface area contributed by atoms with Gasteiger partial charge < -0.3 is 14.8 Å². The third-order valence-electron chi connectivity index (χ3n) is 3.71. The van der Waals surface area contributed by atoms with E-state index in [2.05, 4.69) is 10.0 Å². The largest absolute Gasteiger partial charge is 0.379 e. The molecule has 1 fully saturated rings. The molecule has 2 rings (SSSR count). The molecule has 0 aromatic heterocycles. The number of amides is 1. The molecule has 0 radical (unpaired) electrons. The Morgan fingerprint density at radius 2 is 2.04 bits per heavy atom. The normalized spacial score (nSPS) is 21.7. The molecule has 1 amide bonds. The Labute approximate surface area is 136 Å². The molecule has 0 aliphatic carbocycles. The van der Waals surface area contributed by atoms with Gasteiger partial charge in [-0.25, -0.2) is 8.42 Å². The first kappa shape index (κ1) is 17.7. The van der Waals surface area contributed by atoms with Gasteiger partial charge in [-0.3, -0.25) is 9.52 Å². The number of anilines is 1. The predicted octanol–water partition coefficient (Wildman–Crippen LogP) is 0.982. The molecule has 23 heavy (non-hydrogen) atoms. The Hall–Kier alpha value is -1.64. The van der Waals surface area contributed by atoms with Gasteiger partial charge in [-0.05, 0) is 37.6 Å². The van der Waals surface area contributed by atoms with E-state index in [0.29, 0.717) is 24.5 Å². The molecule has 2 atom stereocenters. The summed E-state index contributed by atoms with van der Waals surface area (Å²) in [5.74, 6) is -0.248. The van der Waals surface area contributed by atoms with Crippen LogP contribution in [0.5, 0.6) is 0 Å². The van der Waals surface area contributed by atoms with Crippen molar-refractivity contribution in [1.82, 2.24) is 5.32 Å². The molecule has 128 valence electrons. The Balaban J connectivity index is 2.00. The molecule has 7 nitrogen and oxygen atoms in total. The van der Waals surface area contributed by atoms with Gasteiger partial charge >= 0.3 is 0 Å². The summed E-state index contributed by atoms with van der Waals surface area (Å²) < 4.78 is 36.2. The summed E-state index contributed by atoms with van der Waals surface area (Å²) >= 11 is 0. The molecule has 0 bridgehead atoms. The molecule has 0 spiro atoms. The topological polar surface area (TPSA) is 93.7 Å². The van der Waals surface area contributed by atoms with E-state index in [4.69, 9.17) is 9.47 Å². The first-order chi connectivity index (χ1) is 10.9. The van der Waals surface area contributed by atoms with E-state index in [1.165, 1.54) is 0 Å². The van der Waals surface area contributed by atoms with Crippen LogP contribution < -0.4 is 10.0 Å². The maximum Gasteiger partial charge on any atom is 0.251 e. The van der Waals surface area contributed by atoms with Crippen LogP contribution in [0, 0.1) is 0 Å². The number of carbonyl (C=O) groups is 1. The Morgan fingerprint density at radius 3 is 2.65 bits per heavy atom. The fourth-order valence-corrected chi connectivity index (χ4v) is 2.97. The minimum absolute atomic E-state index is 0.00464. The van der Waals surface area contributed by atoms with Crippen molar-refractivity contribution in [2.75, 3.05) is 30.8 Å². The van der Waals surface area contributed by atoms with E-state index in [0.717, 1.165) is 6.42 Å². The molecule has 1 aliphatic heterocycles. The van der Waals surface area contributed by atoms with Crippen molar-refractivity contribution in [3.63, 3.8) is 0 Å². The van der Waals surface area contributed by atoms with Crippen molar-refractivity contribution in [3.05, 3.63) is 29.8 Å². The van der Waals surface area contributed by atoms with Gasteiger partial charge in [0.1, 0.15) is 0 Å². The minimum Gasteiger partial charge on any atom is -0.379 e. The number of methoxy groups -OCH3 is 1. The third kappa shape index (κ3) is 4.92. The number of carbonyl (C=O) groups excluding carboxylic acids is 1. The molecule has 1 heterocycles. The van der Waals surface area contributed by atoms with Crippen LogP contribution >= 0.6 is 0 Å². The second kappa shape index (κ2) is 7.76. The molecule has 2 N–H and O–H groups in total. The average molecular weight is 342 g/mol. The lowest BCUT2D eigenvalue weighted by molar-refractivity contribution is -0.0349. The Morgan fingerprint density at radius 1 is 1.35 bits per heavy atom. The monoisotopic (exact) mass is 342 g/mol. The predicted molar refractivity (Wildman–Crippen MR) is 87.0 cm³/mol. The number of ether oxygens (including phenoxy) is 2. The van der Waals surface area contributed by atoms with E-state index in [9.17, 15) is 13.2 Å². The highest BCUT2D eigenvalue weighted by Crippen LogP contribution is 2.14. The zero-order valence-electron chi connectivity index (χ0n) is 13.2. The van der Waals surface area contributed by atoms with E-state index in [1.54, 1.807) is 38.3 Å². The number of rotatable bonds is 6. The summed E-state index contributed by atoms with van der Waals surface area (Å²) in [4.78, 5) is 12.3. The summed E-state index contributed by atoms with van der Waals surface area (Å²) in [5, 5.41) is 2.89. The summed E-state index contributed by atoms with van der Waals surface area (Å²) in [5.41, 5.74) is 0.879. The number of nitrogens with one attached hydrogen (secondary N) is 2. The van der Waals surface area contributed by atoms with Gasteiger partial charge in [-0.1, -0.05) is 0 Å². The van der Waals surface area contributed by atoms with Gasteiger partial charge in [0.05, 0.1) is 24.5 Å². The average Bonchev–Trinajstić information content (AvgIpc) is 2.55. The van der Waals surface area contributed by atoms with Crippen LogP contribution in [0.2, 0.25) is 0 Å². The molecule has 1 aromatic rings. The van der Waals surface area contributed by atoms with Crippen molar-refractivity contribution in [2.24, 2.45) is 0 Å². The number of hydrogen-bond donors (Lipinski definition) is 2. The molecular formula is C15H22N2O5S. The zero-order chi connectivity index (χ0) is 16.9. The first-order valence-corrected chi connectivity index (χ1v) is 9.12. The molecule has 1 saturated heterocycles. The highest BCUT2D eigenvalue weighted by atomic mass is 32.2. The standard InChI is InChI=1S/C15H22N2O5S/c1-3-23(19,20)17-12-6-4-11(5-7-12)15(18)16-13-10-22-9-8-14(13)21-2/h4-7,13-14,17H,3,8-10H2,1-2H3,(H,16,18)/t13-,14-/m1/s1. The molecular weight excluding hydrogens is 320 g/mol. The lowest BCUT2D eigenvalue weighted by Crippen LogP contribution is -2.50. The number of benzene rings is 1. The van der Waals surface area contributed by atoms with E-state index in [1.807, 2.05) is 0 Å². The minimum atomic E-state index is -3.32. The van der Waals surface area contributed by atoms with Crippen LogP contribution in [0.3, 0.4) is 0 Å². The van der Waals surface area contributed by atoms with E-state index >= 15 is 0 Å². The van der Waals surface area contributed by atoms with Gasteiger partial charge in [0.15, 0.2) is 0 Å². The molecule has 1 aromatic carbocycles. The summed E-state index contributed by atoms with van der Waals surface area (Å²) in [7, 11) is -1.71. The van der Waals surface area contributed by atoms with Crippen LogP contribution in [0.1, 0.15) is 23.7 Å². The number of hydrogen-bond acceptors (Lipinski definition) is 5. The fourth-order valence-electron chi connectivity index (χ4n) is 2.33. The molecule has 0 unspecified atom stereocenters. The summed E-state index contributed by atoms with van der Waals surface area (Å²) in [6.07, 6.45) is 0.669. The zero-order valence-corrected chi connectivity index (χ0v) is 14.1. The first-order valence-electron chi connectivity index (χ1n) is 7.47. The van der Waals surface area contributed by atoms with Crippen LogP contribution in [0.15, 0.2) is 24.3 Å². The summed E-state index contributed by atoms with van der Waals surface area (Å²) in [6.45, 7) is 2.60. The SMILES string of the molecule is CCS(=O)(=O)Nc1ccc(C(=O)N[C@@H]2COCC[C@H]2OC)cc1. The van der Waals surface area contributed by atoms with E-state index < -0.39 is 10.0 Å². The van der Waals surface area contributed by atoms with E-state index in [-0.39, 0.29) is 23.8 Å². The maximum absolute atomic E-state index is 12.3. The molecule has 1 aliphatic rings. The van der Waals surface area contributed by atoms with Crippen molar-refractivity contribution >= 4 is 21.6 Å². The Kier molecular flexibility index (Phi) is 5.97. The summed E-state index contributed by atoms with van der Waals surface area (Å²) in [6, 6.07) is 6.09. The smallest absolute Gasteiger partial charge is 0.251 e. The lowest BCUT2D eigenvalue weighted by atomic mass is 10.1. The van der Waals surface area contributed by atoms with Crippen molar-refractivity contribution in [1.29, 1.82) is 0 Å². The fraction of sp³-hybridized carbons (Fsp3) is 0.533. The Bertz CT molecular complexity index is 630. The molecule has 8 heteroatoms. The highest BCUT2D eigenvalue weighted by Gasteiger charge is 2.27. The van der Waals surface area contributed by atoms with Crippen LogP contribution in [0.4, 0.5) is 5.69 Å². The second-order valence-electron chi connectivity index (χ2n) is 5.30. The quantitative estimate of drug-likeness (QED) is 0.804. The lowest BCUT2D eigenvalue weighted by Gasteiger charge is -2.31. The highest BCUT2D eigenvalue weighted by molar-refractivity contribution is 7.92. The maximum atomic E-state index is 12.3. The van der Waals surface area contributed by atoms with Crippen molar-refractivity contribution < 1.29 is 22.7 Å². The van der Waals surface area contributed by atoms with Gasteiger partial charge in [-0.2, -0.15) is 0 Å². The van der Waals surface area contributed by atoms with Crippen LogP contribution in [-0.4, -0.2) is 52.5 Å².